The number of nitrogens with zero attached hydrogens (tertiary/aromatic N) is 2. The van der Waals surface area contributed by atoms with E-state index in [1.807, 2.05) is 0 Å². The Morgan fingerprint density at radius 2 is 2.09 bits per heavy atom. The highest BCUT2D eigenvalue weighted by Gasteiger charge is 2.28. The first-order chi connectivity index (χ1) is 10.2. The summed E-state index contributed by atoms with van der Waals surface area (Å²) in [4.78, 5) is 12.1. The van der Waals surface area contributed by atoms with Gasteiger partial charge >= 0.3 is 0 Å². The van der Waals surface area contributed by atoms with E-state index in [4.69, 9.17) is 0 Å². The Morgan fingerprint density at radius 3 is 2.64 bits per heavy atom. The largest absolute Gasteiger partial charge is 0.383 e. The number of aliphatic hydroxyl groups is 1. The molecule has 2 N–H and O–H groups in total. The second kappa shape index (κ2) is 5.84. The van der Waals surface area contributed by atoms with Crippen molar-refractivity contribution in [3.8, 4) is 0 Å². The van der Waals surface area contributed by atoms with Gasteiger partial charge in [0.2, 0.25) is 0 Å². The van der Waals surface area contributed by atoms with Crippen molar-refractivity contribution in [2.75, 3.05) is 6.54 Å². The summed E-state index contributed by atoms with van der Waals surface area (Å²) in [6.45, 7) is 2.87. The maximum absolute atomic E-state index is 13.7. The summed E-state index contributed by atoms with van der Waals surface area (Å²) in [5.74, 6) is -2.03. The first-order valence-corrected chi connectivity index (χ1v) is 6.67. The van der Waals surface area contributed by atoms with Gasteiger partial charge in [-0.25, -0.2) is 8.78 Å². The zero-order valence-corrected chi connectivity index (χ0v) is 12.5. The lowest BCUT2D eigenvalue weighted by Gasteiger charge is -2.24. The smallest absolute Gasteiger partial charge is 0.269 e. The van der Waals surface area contributed by atoms with E-state index in [-0.39, 0.29) is 12.1 Å². The second-order valence-corrected chi connectivity index (χ2v) is 5.38. The Bertz CT molecular complexity index is 711. The molecule has 0 fully saturated rings. The van der Waals surface area contributed by atoms with Crippen molar-refractivity contribution in [3.05, 3.63) is 52.9 Å². The Kier molecular flexibility index (Phi) is 4.27. The summed E-state index contributed by atoms with van der Waals surface area (Å²) >= 11 is 0. The van der Waals surface area contributed by atoms with Gasteiger partial charge in [-0.1, -0.05) is 6.07 Å². The molecular formula is C15H17F2N3O2. The van der Waals surface area contributed by atoms with Gasteiger partial charge in [-0.3, -0.25) is 9.48 Å². The number of hydrogen-bond donors (Lipinski definition) is 2. The molecule has 1 heterocycles. The lowest BCUT2D eigenvalue weighted by atomic mass is 9.95. The lowest BCUT2D eigenvalue weighted by Crippen LogP contribution is -2.39. The SMILES string of the molecule is Cc1cc(C(=O)NCC(C)(O)c2ccc(F)cc2F)n(C)n1. The molecule has 1 unspecified atom stereocenters. The normalized spacial score (nSPS) is 13.7. The third kappa shape index (κ3) is 3.30. The minimum absolute atomic E-state index is 0.0876. The van der Waals surface area contributed by atoms with E-state index in [1.165, 1.54) is 11.6 Å². The van der Waals surface area contributed by atoms with Crippen molar-refractivity contribution in [3.63, 3.8) is 0 Å². The number of hydrogen-bond acceptors (Lipinski definition) is 3. The Morgan fingerprint density at radius 1 is 1.41 bits per heavy atom. The quantitative estimate of drug-likeness (QED) is 0.902. The number of amides is 1. The molecule has 1 aromatic carbocycles. The fraction of sp³-hybridized carbons (Fsp3) is 0.333. The van der Waals surface area contributed by atoms with Gasteiger partial charge in [0.05, 0.1) is 12.2 Å². The van der Waals surface area contributed by atoms with Crippen LogP contribution in [0.1, 0.15) is 28.7 Å². The lowest BCUT2D eigenvalue weighted by molar-refractivity contribution is 0.0492. The van der Waals surface area contributed by atoms with Crippen molar-refractivity contribution >= 4 is 5.91 Å². The molecule has 0 saturated heterocycles. The van der Waals surface area contributed by atoms with Crippen LogP contribution < -0.4 is 5.32 Å². The Hall–Kier alpha value is -2.28. The average Bonchev–Trinajstić information content (AvgIpc) is 2.74. The van der Waals surface area contributed by atoms with Crippen molar-refractivity contribution in [2.24, 2.45) is 7.05 Å². The molecule has 0 aliphatic rings. The molecule has 7 heteroatoms. The van der Waals surface area contributed by atoms with Crippen LogP contribution in [0.2, 0.25) is 0 Å². The third-order valence-electron chi connectivity index (χ3n) is 3.34. The molecule has 5 nitrogen and oxygen atoms in total. The van der Waals surface area contributed by atoms with Crippen molar-refractivity contribution in [1.82, 2.24) is 15.1 Å². The number of carbonyl (C=O) groups excluding carboxylic acids is 1. The van der Waals surface area contributed by atoms with Crippen molar-refractivity contribution in [2.45, 2.75) is 19.4 Å². The van der Waals surface area contributed by atoms with Crippen LogP contribution in [-0.2, 0) is 12.6 Å². The average molecular weight is 309 g/mol. The van der Waals surface area contributed by atoms with E-state index < -0.39 is 23.1 Å². The molecule has 0 bridgehead atoms. The summed E-state index contributed by atoms with van der Waals surface area (Å²) in [7, 11) is 1.62. The van der Waals surface area contributed by atoms with Crippen molar-refractivity contribution in [1.29, 1.82) is 0 Å². The van der Waals surface area contributed by atoms with E-state index in [1.54, 1.807) is 20.0 Å². The number of benzene rings is 1. The highest BCUT2D eigenvalue weighted by molar-refractivity contribution is 5.92. The minimum atomic E-state index is -1.67. The van der Waals surface area contributed by atoms with Gasteiger partial charge in [0.25, 0.3) is 5.91 Å². The summed E-state index contributed by atoms with van der Waals surface area (Å²) in [5, 5.41) is 16.9. The zero-order chi connectivity index (χ0) is 16.5. The standard InChI is InChI=1S/C15H17F2N3O2/c1-9-6-13(20(3)19-9)14(21)18-8-15(2,22)11-5-4-10(16)7-12(11)17/h4-7,22H,8H2,1-3H3,(H,18,21). The number of carbonyl (C=O) groups is 1. The number of rotatable bonds is 4. The predicted molar refractivity (Wildman–Crippen MR) is 76.2 cm³/mol. The fourth-order valence-electron chi connectivity index (χ4n) is 2.19. The highest BCUT2D eigenvalue weighted by atomic mass is 19.1. The van der Waals surface area contributed by atoms with Crippen LogP contribution in [0.15, 0.2) is 24.3 Å². The zero-order valence-electron chi connectivity index (χ0n) is 12.5. The number of aromatic nitrogens is 2. The van der Waals surface area contributed by atoms with Crippen LogP contribution in [0.5, 0.6) is 0 Å². The Labute approximate surface area is 126 Å². The maximum atomic E-state index is 13.7. The minimum Gasteiger partial charge on any atom is -0.383 e. The third-order valence-corrected chi connectivity index (χ3v) is 3.34. The van der Waals surface area contributed by atoms with Crippen LogP contribution in [0.3, 0.4) is 0 Å². The van der Waals surface area contributed by atoms with E-state index >= 15 is 0 Å². The van der Waals surface area contributed by atoms with Gasteiger partial charge in [-0.15, -0.1) is 0 Å². The van der Waals surface area contributed by atoms with Crippen LogP contribution in [0.4, 0.5) is 8.78 Å². The monoisotopic (exact) mass is 309 g/mol. The summed E-state index contributed by atoms with van der Waals surface area (Å²) in [6.07, 6.45) is 0. The second-order valence-electron chi connectivity index (χ2n) is 5.38. The van der Waals surface area contributed by atoms with Gasteiger partial charge in [0.15, 0.2) is 0 Å². The summed E-state index contributed by atoms with van der Waals surface area (Å²) < 4.78 is 28.1. The summed E-state index contributed by atoms with van der Waals surface area (Å²) in [5.41, 5.74) is -0.742. The molecule has 118 valence electrons. The van der Waals surface area contributed by atoms with Crippen LogP contribution in [-0.4, -0.2) is 27.3 Å². The molecule has 22 heavy (non-hydrogen) atoms. The van der Waals surface area contributed by atoms with Gasteiger partial charge in [-0.2, -0.15) is 5.10 Å². The van der Waals surface area contributed by atoms with Gasteiger partial charge in [-0.05, 0) is 26.0 Å². The molecule has 0 aliphatic heterocycles. The maximum Gasteiger partial charge on any atom is 0.269 e. The molecule has 0 radical (unpaired) electrons. The van der Waals surface area contributed by atoms with Crippen LogP contribution in [0, 0.1) is 18.6 Å². The van der Waals surface area contributed by atoms with Crippen LogP contribution >= 0.6 is 0 Å². The molecule has 1 atom stereocenters. The molecule has 0 spiro atoms. The predicted octanol–water partition coefficient (Wildman–Crippen LogP) is 1.64. The van der Waals surface area contributed by atoms with Gasteiger partial charge < -0.3 is 10.4 Å². The number of aryl methyl sites for hydroxylation is 2. The molecular weight excluding hydrogens is 292 g/mol. The van der Waals surface area contributed by atoms with E-state index in [0.717, 1.165) is 12.1 Å². The first kappa shape index (κ1) is 16.1. The van der Waals surface area contributed by atoms with E-state index in [0.29, 0.717) is 17.5 Å². The molecule has 0 aliphatic carbocycles. The molecule has 1 amide bonds. The molecule has 2 aromatic rings. The molecule has 0 saturated carbocycles. The number of halogens is 2. The van der Waals surface area contributed by atoms with Crippen molar-refractivity contribution < 1.29 is 18.7 Å². The first-order valence-electron chi connectivity index (χ1n) is 6.67. The fourth-order valence-corrected chi connectivity index (χ4v) is 2.19. The molecule has 1 aromatic heterocycles. The van der Waals surface area contributed by atoms with E-state index in [9.17, 15) is 18.7 Å². The van der Waals surface area contributed by atoms with Gasteiger partial charge in [0.1, 0.15) is 22.9 Å². The van der Waals surface area contributed by atoms with E-state index in [2.05, 4.69) is 10.4 Å². The summed E-state index contributed by atoms with van der Waals surface area (Å²) in [6, 6.07) is 4.50. The topological polar surface area (TPSA) is 67.2 Å². The van der Waals surface area contributed by atoms with Gasteiger partial charge in [0, 0.05) is 18.7 Å². The number of nitrogens with one attached hydrogen (secondary N) is 1. The molecule has 2 rings (SSSR count). The highest BCUT2D eigenvalue weighted by Crippen LogP contribution is 2.23. The Balaban J connectivity index is 2.12. The van der Waals surface area contributed by atoms with Crippen LogP contribution in [0.25, 0.3) is 0 Å².